The van der Waals surface area contributed by atoms with Gasteiger partial charge in [0.15, 0.2) is 0 Å². The predicted molar refractivity (Wildman–Crippen MR) is 73.3 cm³/mol. The van der Waals surface area contributed by atoms with E-state index in [0.717, 1.165) is 9.91 Å². The molecule has 0 saturated carbocycles. The molecular weight excluding hydrogens is 292 g/mol. The number of likely N-dealkylation sites (N-methyl/N-ethyl adjacent to an activating group) is 1. The number of hydrogen-bond donors (Lipinski definition) is 1. The molecule has 0 saturated heterocycles. The Bertz CT molecular complexity index is 583. The van der Waals surface area contributed by atoms with Gasteiger partial charge in [0.05, 0.1) is 36.3 Å². The lowest BCUT2D eigenvalue weighted by molar-refractivity contribution is -0.707. The maximum absolute atomic E-state index is 12.2. The molecule has 1 aliphatic rings. The summed E-state index contributed by atoms with van der Waals surface area (Å²) in [5.74, 6) is -0.992. The standard InChI is InChI=1S/C13H16N4O5/c1-9(22-14-17(21)15(2)7-8-18)16-12(19)10-5-3-4-6-11(10)13(16)20/h3-6,9,18H,7-8H2,1-2H3. The Morgan fingerprint density at radius 3 is 2.41 bits per heavy atom. The van der Waals surface area contributed by atoms with Gasteiger partial charge < -0.3 is 15.2 Å². The first-order valence-electron chi connectivity index (χ1n) is 6.60. The van der Waals surface area contributed by atoms with Crippen LogP contribution in [0.5, 0.6) is 0 Å². The van der Waals surface area contributed by atoms with Gasteiger partial charge in [-0.15, -0.1) is 5.01 Å². The molecule has 1 aromatic rings. The minimum absolute atomic E-state index is 0.0672. The van der Waals surface area contributed by atoms with Gasteiger partial charge in [-0.25, -0.2) is 4.90 Å². The van der Waals surface area contributed by atoms with E-state index < -0.39 is 18.0 Å². The second kappa shape index (κ2) is 6.39. The van der Waals surface area contributed by atoms with Crippen LogP contribution in [0.4, 0.5) is 0 Å². The highest BCUT2D eigenvalue weighted by atomic mass is 16.7. The van der Waals surface area contributed by atoms with Crippen molar-refractivity contribution in [3.63, 3.8) is 0 Å². The largest absolute Gasteiger partial charge is 0.569 e. The van der Waals surface area contributed by atoms with E-state index in [-0.39, 0.29) is 18.1 Å². The summed E-state index contributed by atoms with van der Waals surface area (Å²) in [7, 11) is 1.41. The Balaban J connectivity index is 2.09. The molecule has 0 radical (unpaired) electrons. The molecule has 1 aromatic carbocycles. The average Bonchev–Trinajstić information content (AvgIpc) is 2.77. The molecule has 0 spiro atoms. The molecule has 22 heavy (non-hydrogen) atoms. The van der Waals surface area contributed by atoms with Gasteiger partial charge in [0.1, 0.15) is 0 Å². The van der Waals surface area contributed by atoms with Crippen molar-refractivity contribution in [2.75, 3.05) is 20.2 Å². The first kappa shape index (κ1) is 15.7. The SMILES string of the molecule is CC(ON=[N+]([O-])N(C)CCO)N1C(=O)c2ccccc2C1=O. The molecule has 1 unspecified atom stereocenters. The lowest BCUT2D eigenvalue weighted by Crippen LogP contribution is -2.39. The van der Waals surface area contributed by atoms with Crippen LogP contribution in [0.15, 0.2) is 29.5 Å². The molecule has 0 aliphatic carbocycles. The maximum Gasteiger partial charge on any atom is 0.264 e. The zero-order valence-corrected chi connectivity index (χ0v) is 12.2. The van der Waals surface area contributed by atoms with Crippen LogP contribution in [0.2, 0.25) is 0 Å². The normalized spacial score (nSPS) is 15.8. The number of carbonyl (C=O) groups is 2. The van der Waals surface area contributed by atoms with E-state index in [2.05, 4.69) is 5.28 Å². The highest BCUT2D eigenvalue weighted by Gasteiger charge is 2.39. The molecule has 1 aliphatic heterocycles. The monoisotopic (exact) mass is 308 g/mol. The number of benzene rings is 1. The van der Waals surface area contributed by atoms with Crippen molar-refractivity contribution < 1.29 is 24.5 Å². The van der Waals surface area contributed by atoms with Gasteiger partial charge in [0, 0.05) is 0 Å². The number of fused-ring (bicyclic) bond motifs is 1. The summed E-state index contributed by atoms with van der Waals surface area (Å²) >= 11 is 0. The van der Waals surface area contributed by atoms with E-state index in [1.165, 1.54) is 14.0 Å². The molecular formula is C13H16N4O5. The van der Waals surface area contributed by atoms with Crippen LogP contribution in [0.25, 0.3) is 0 Å². The predicted octanol–water partition coefficient (Wildman–Crippen LogP) is 0.362. The number of carbonyl (C=O) groups excluding carboxylic acids is 2. The summed E-state index contributed by atoms with van der Waals surface area (Å²) in [5, 5.41) is 24.5. The highest BCUT2D eigenvalue weighted by Crippen LogP contribution is 2.24. The number of hydrogen-bond acceptors (Lipinski definition) is 6. The number of hydrazine groups is 1. The van der Waals surface area contributed by atoms with Crippen molar-refractivity contribution in [2.45, 2.75) is 13.2 Å². The quantitative estimate of drug-likeness (QED) is 0.352. The Hall–Kier alpha value is -2.68. The molecule has 9 nitrogen and oxygen atoms in total. The van der Waals surface area contributed by atoms with Crippen molar-refractivity contribution in [2.24, 2.45) is 5.28 Å². The smallest absolute Gasteiger partial charge is 0.264 e. The van der Waals surface area contributed by atoms with E-state index in [4.69, 9.17) is 9.94 Å². The molecule has 0 bridgehead atoms. The third-order valence-corrected chi connectivity index (χ3v) is 3.17. The van der Waals surface area contributed by atoms with Crippen LogP contribution in [-0.4, -0.2) is 58.2 Å². The number of rotatable bonds is 6. The van der Waals surface area contributed by atoms with Gasteiger partial charge in [-0.2, -0.15) is 0 Å². The van der Waals surface area contributed by atoms with Gasteiger partial charge in [0.2, 0.25) is 11.5 Å². The first-order valence-corrected chi connectivity index (χ1v) is 6.60. The van der Waals surface area contributed by atoms with Crippen LogP contribution >= 0.6 is 0 Å². The van der Waals surface area contributed by atoms with E-state index in [1.807, 2.05) is 0 Å². The maximum atomic E-state index is 12.2. The number of aliphatic hydroxyl groups is 1. The number of imide groups is 1. The Morgan fingerprint density at radius 2 is 1.91 bits per heavy atom. The fourth-order valence-corrected chi connectivity index (χ4v) is 1.99. The summed E-state index contributed by atoms with van der Waals surface area (Å²) in [6, 6.07) is 6.42. The fourth-order valence-electron chi connectivity index (χ4n) is 1.99. The van der Waals surface area contributed by atoms with Gasteiger partial charge in [-0.05, 0) is 19.1 Å². The Morgan fingerprint density at radius 1 is 1.36 bits per heavy atom. The van der Waals surface area contributed by atoms with Crippen molar-refractivity contribution in [1.29, 1.82) is 0 Å². The molecule has 0 aromatic heterocycles. The zero-order chi connectivity index (χ0) is 16.3. The van der Waals surface area contributed by atoms with Crippen molar-refractivity contribution in [3.8, 4) is 0 Å². The van der Waals surface area contributed by atoms with Gasteiger partial charge in [-0.1, -0.05) is 12.1 Å². The molecule has 2 amide bonds. The van der Waals surface area contributed by atoms with Crippen LogP contribution in [0.3, 0.4) is 0 Å². The summed E-state index contributed by atoms with van der Waals surface area (Å²) in [5.41, 5.74) is 0.582. The molecule has 118 valence electrons. The second-order valence-electron chi connectivity index (χ2n) is 4.67. The van der Waals surface area contributed by atoms with E-state index >= 15 is 0 Å². The second-order valence-corrected chi connectivity index (χ2v) is 4.67. The Labute approximate surface area is 126 Å². The zero-order valence-electron chi connectivity index (χ0n) is 12.2. The number of amides is 2. The molecule has 1 heterocycles. The highest BCUT2D eigenvalue weighted by molar-refractivity contribution is 6.21. The van der Waals surface area contributed by atoms with Gasteiger partial charge in [-0.3, -0.25) is 9.59 Å². The summed E-state index contributed by atoms with van der Waals surface area (Å²) in [4.78, 5) is 30.3. The number of nitrogens with zero attached hydrogens (tertiary/aromatic N) is 4. The van der Waals surface area contributed by atoms with Gasteiger partial charge in [0.25, 0.3) is 11.8 Å². The molecule has 1 atom stereocenters. The van der Waals surface area contributed by atoms with Crippen molar-refractivity contribution in [1.82, 2.24) is 9.91 Å². The molecule has 9 heteroatoms. The average molecular weight is 308 g/mol. The van der Waals surface area contributed by atoms with Crippen molar-refractivity contribution in [3.05, 3.63) is 40.6 Å². The molecule has 2 rings (SSSR count). The van der Waals surface area contributed by atoms with Crippen molar-refractivity contribution >= 4 is 11.8 Å². The topological polar surface area (TPSA) is 109 Å². The van der Waals surface area contributed by atoms with Crippen LogP contribution in [0, 0.1) is 5.21 Å². The Kier molecular flexibility index (Phi) is 4.56. The molecule has 1 N–H and O–H groups in total. The van der Waals surface area contributed by atoms with E-state index in [9.17, 15) is 14.8 Å². The third-order valence-electron chi connectivity index (χ3n) is 3.17. The van der Waals surface area contributed by atoms with Gasteiger partial charge >= 0.3 is 0 Å². The minimum Gasteiger partial charge on any atom is -0.569 e. The number of aliphatic hydroxyl groups excluding tert-OH is 1. The van der Waals surface area contributed by atoms with E-state index in [1.54, 1.807) is 24.3 Å². The van der Waals surface area contributed by atoms with Crippen LogP contribution in [0.1, 0.15) is 27.6 Å². The first-order chi connectivity index (χ1) is 10.5. The molecule has 0 fully saturated rings. The lowest BCUT2D eigenvalue weighted by Gasteiger charge is -2.19. The van der Waals surface area contributed by atoms with Crippen LogP contribution < -0.4 is 0 Å². The third kappa shape index (κ3) is 2.84. The minimum atomic E-state index is -1.04. The summed E-state index contributed by atoms with van der Waals surface area (Å²) in [6.07, 6.45) is -1.04. The van der Waals surface area contributed by atoms with E-state index in [0.29, 0.717) is 11.1 Å². The summed E-state index contributed by atoms with van der Waals surface area (Å²) < 4.78 is 0. The van der Waals surface area contributed by atoms with Crippen LogP contribution in [-0.2, 0) is 4.84 Å². The fraction of sp³-hybridized carbons (Fsp3) is 0.385. The summed E-state index contributed by atoms with van der Waals surface area (Å²) in [6.45, 7) is 1.28. The lowest BCUT2D eigenvalue weighted by atomic mass is 10.1.